The topological polar surface area (TPSA) is 62.1 Å². The van der Waals surface area contributed by atoms with Crippen molar-refractivity contribution in [3.8, 4) is 5.75 Å². The lowest BCUT2D eigenvalue weighted by Gasteiger charge is -2.27. The number of carbonyl (C=O) groups excluding carboxylic acids is 1. The van der Waals surface area contributed by atoms with Gasteiger partial charge in [-0.3, -0.25) is 14.7 Å². The van der Waals surface area contributed by atoms with Crippen LogP contribution >= 0.6 is 0 Å². The molecule has 0 amide bonds. The van der Waals surface area contributed by atoms with Crippen molar-refractivity contribution in [2.75, 3.05) is 32.8 Å². The Bertz CT molecular complexity index is 756. The summed E-state index contributed by atoms with van der Waals surface area (Å²) in [5, 5.41) is 8.63. The highest BCUT2D eigenvalue weighted by molar-refractivity contribution is 6.38. The minimum Gasteiger partial charge on any atom is -0.508 e. The number of rotatable bonds is 6. The van der Waals surface area contributed by atoms with Gasteiger partial charge in [0.25, 0.3) is 0 Å². The van der Waals surface area contributed by atoms with Crippen molar-refractivity contribution in [1.82, 2.24) is 4.90 Å². The number of ketones is 1. The number of carbonyl (C=O) groups is 1. The highest BCUT2D eigenvalue weighted by Crippen LogP contribution is 2.18. The predicted octanol–water partition coefficient (Wildman–Crippen LogP) is 4.56. The van der Waals surface area contributed by atoms with E-state index in [0.29, 0.717) is 11.5 Å². The average Bonchev–Trinajstić information content (AvgIpc) is 2.72. The van der Waals surface area contributed by atoms with Crippen LogP contribution in [0.25, 0.3) is 0 Å². The van der Waals surface area contributed by atoms with Gasteiger partial charge in [0, 0.05) is 26.6 Å². The molecule has 1 aromatic rings. The number of benzene rings is 1. The van der Waals surface area contributed by atoms with Crippen molar-refractivity contribution in [3.05, 3.63) is 65.4 Å². The molecule has 0 aromatic heterocycles. The van der Waals surface area contributed by atoms with Crippen LogP contribution in [0.2, 0.25) is 0 Å². The minimum atomic E-state index is 0.0161. The summed E-state index contributed by atoms with van der Waals surface area (Å²) in [5.41, 5.74) is 3.82. The molecule has 1 N–H and O–H groups in total. The summed E-state index contributed by atoms with van der Waals surface area (Å²) in [4.78, 5) is 18.4. The van der Waals surface area contributed by atoms with Crippen LogP contribution in [0.15, 0.2) is 70.4 Å². The van der Waals surface area contributed by atoms with Crippen molar-refractivity contribution in [2.24, 2.45) is 4.99 Å². The van der Waals surface area contributed by atoms with Crippen molar-refractivity contribution in [3.63, 3.8) is 0 Å². The molecule has 2 rings (SSSR count). The highest BCUT2D eigenvalue weighted by Gasteiger charge is 2.14. The Morgan fingerprint density at radius 3 is 2.24 bits per heavy atom. The number of hydrogen-bond donors (Lipinski definition) is 1. The SMILES string of the molecule is C\C=C/C=C(C)\C(C)=C(/CN1CCOCC1)N=C(C)C(C)=O.Oc1ccccc1. The van der Waals surface area contributed by atoms with Crippen molar-refractivity contribution < 1.29 is 14.6 Å². The molecule has 0 spiro atoms. The van der Waals surface area contributed by atoms with Gasteiger partial charge in [-0.05, 0) is 51.0 Å². The van der Waals surface area contributed by atoms with Crippen LogP contribution in [-0.4, -0.2) is 54.3 Å². The summed E-state index contributed by atoms with van der Waals surface area (Å²) in [7, 11) is 0. The first kappa shape index (κ1) is 24.5. The number of aromatic hydroxyl groups is 1. The first-order chi connectivity index (χ1) is 13.8. The third kappa shape index (κ3) is 10.0. The quantitative estimate of drug-likeness (QED) is 0.564. The molecule has 1 aromatic carbocycles. The number of Topliss-reactive ketones (excluding diaryl/α,β-unsaturated/α-hetero) is 1. The second-order valence-electron chi connectivity index (χ2n) is 6.92. The van der Waals surface area contributed by atoms with Crippen LogP contribution in [0.3, 0.4) is 0 Å². The van der Waals surface area contributed by atoms with Gasteiger partial charge >= 0.3 is 0 Å². The Morgan fingerprint density at radius 1 is 1.14 bits per heavy atom. The van der Waals surface area contributed by atoms with Gasteiger partial charge in [0.1, 0.15) is 5.75 Å². The molecule has 0 bridgehead atoms. The Balaban J connectivity index is 0.000000502. The number of nitrogens with zero attached hydrogens (tertiary/aromatic N) is 2. The lowest BCUT2D eigenvalue weighted by molar-refractivity contribution is -0.111. The van der Waals surface area contributed by atoms with Gasteiger partial charge in [-0.25, -0.2) is 0 Å². The standard InChI is InChI=1S/C18H28N2O2.C6H6O/c1-6-7-8-14(2)15(3)18(19-16(4)17(5)21)13-20-9-11-22-12-10-20;7-6-4-2-1-3-5-6/h6-8H,9-13H2,1-5H3;1-5,7H/b7-6-,14-8-,18-15+,19-16?;. The molecule has 1 heterocycles. The molecular formula is C24H34N2O3. The summed E-state index contributed by atoms with van der Waals surface area (Å²) >= 11 is 0. The fourth-order valence-corrected chi connectivity index (χ4v) is 2.51. The molecule has 0 aliphatic carbocycles. The van der Waals surface area contributed by atoms with Gasteiger partial charge in [-0.1, -0.05) is 36.4 Å². The van der Waals surface area contributed by atoms with Gasteiger partial charge in [-0.2, -0.15) is 0 Å². The highest BCUT2D eigenvalue weighted by atomic mass is 16.5. The monoisotopic (exact) mass is 398 g/mol. The van der Waals surface area contributed by atoms with E-state index >= 15 is 0 Å². The van der Waals surface area contributed by atoms with Crippen molar-refractivity contribution in [2.45, 2.75) is 34.6 Å². The lowest BCUT2D eigenvalue weighted by Crippen LogP contribution is -2.37. The number of hydrogen-bond acceptors (Lipinski definition) is 5. The predicted molar refractivity (Wildman–Crippen MR) is 120 cm³/mol. The first-order valence-electron chi connectivity index (χ1n) is 9.95. The zero-order valence-electron chi connectivity index (χ0n) is 18.3. The minimum absolute atomic E-state index is 0.0161. The van der Waals surface area contributed by atoms with Gasteiger partial charge in [0.15, 0.2) is 5.78 Å². The fraction of sp³-hybridized carbons (Fsp3) is 0.417. The van der Waals surface area contributed by atoms with Crippen LogP contribution in [-0.2, 0) is 9.53 Å². The molecule has 5 heteroatoms. The smallest absolute Gasteiger partial charge is 0.173 e. The Kier molecular flexibility index (Phi) is 11.5. The molecule has 1 aliphatic rings. The summed E-state index contributed by atoms with van der Waals surface area (Å²) in [6, 6.07) is 8.71. The maximum absolute atomic E-state index is 11.5. The Morgan fingerprint density at radius 2 is 1.76 bits per heavy atom. The molecule has 0 saturated carbocycles. The Labute approximate surface area is 175 Å². The maximum Gasteiger partial charge on any atom is 0.173 e. The largest absolute Gasteiger partial charge is 0.508 e. The molecule has 1 saturated heterocycles. The number of allylic oxidation sites excluding steroid dienone is 5. The molecule has 1 fully saturated rings. The third-order valence-electron chi connectivity index (χ3n) is 4.61. The number of phenols is 1. The number of para-hydroxylation sites is 1. The summed E-state index contributed by atoms with van der Waals surface area (Å²) in [5.74, 6) is 0.338. The molecule has 0 atom stereocenters. The zero-order chi connectivity index (χ0) is 21.6. The number of aliphatic imine (C=N–C) groups is 1. The van der Waals surface area contributed by atoms with E-state index in [9.17, 15) is 4.79 Å². The van der Waals surface area contributed by atoms with Crippen LogP contribution in [0, 0.1) is 0 Å². The number of ether oxygens (including phenoxy) is 1. The van der Waals surface area contributed by atoms with E-state index in [-0.39, 0.29) is 5.78 Å². The maximum atomic E-state index is 11.5. The second-order valence-corrected chi connectivity index (χ2v) is 6.92. The molecule has 29 heavy (non-hydrogen) atoms. The van der Waals surface area contributed by atoms with E-state index < -0.39 is 0 Å². The summed E-state index contributed by atoms with van der Waals surface area (Å²) in [6.07, 6.45) is 6.10. The van der Waals surface area contributed by atoms with Crippen LogP contribution in [0.5, 0.6) is 5.75 Å². The van der Waals surface area contributed by atoms with Gasteiger partial charge < -0.3 is 9.84 Å². The fourth-order valence-electron chi connectivity index (χ4n) is 2.51. The van der Waals surface area contributed by atoms with Crippen LogP contribution < -0.4 is 0 Å². The molecular weight excluding hydrogens is 364 g/mol. The average molecular weight is 399 g/mol. The molecule has 5 nitrogen and oxygen atoms in total. The van der Waals surface area contributed by atoms with Crippen molar-refractivity contribution in [1.29, 1.82) is 0 Å². The van der Waals surface area contributed by atoms with Gasteiger partial charge in [-0.15, -0.1) is 0 Å². The van der Waals surface area contributed by atoms with E-state index in [1.807, 2.05) is 25.1 Å². The van der Waals surface area contributed by atoms with E-state index in [1.165, 1.54) is 5.57 Å². The first-order valence-corrected chi connectivity index (χ1v) is 9.95. The van der Waals surface area contributed by atoms with E-state index in [4.69, 9.17) is 9.84 Å². The second kappa shape index (κ2) is 13.6. The summed E-state index contributed by atoms with van der Waals surface area (Å²) in [6.45, 7) is 13.6. The van der Waals surface area contributed by atoms with Crippen molar-refractivity contribution >= 4 is 11.5 Å². The molecule has 158 valence electrons. The zero-order valence-corrected chi connectivity index (χ0v) is 18.3. The van der Waals surface area contributed by atoms with Crippen LogP contribution in [0.4, 0.5) is 0 Å². The molecule has 0 unspecified atom stereocenters. The van der Waals surface area contributed by atoms with E-state index in [2.05, 4.69) is 29.8 Å². The summed E-state index contributed by atoms with van der Waals surface area (Å²) < 4.78 is 5.39. The van der Waals surface area contributed by atoms with Crippen LogP contribution in [0.1, 0.15) is 34.6 Å². The number of phenolic OH excluding ortho intramolecular Hbond substituents is 1. The molecule has 1 aliphatic heterocycles. The normalized spacial score (nSPS) is 16.9. The molecule has 0 radical (unpaired) electrons. The number of morpholine rings is 1. The van der Waals surface area contributed by atoms with Gasteiger partial charge in [0.05, 0.1) is 24.6 Å². The Hall–Kier alpha value is -2.50. The lowest BCUT2D eigenvalue weighted by atomic mass is 10.1. The van der Waals surface area contributed by atoms with E-state index in [0.717, 1.165) is 44.1 Å². The third-order valence-corrected chi connectivity index (χ3v) is 4.61. The van der Waals surface area contributed by atoms with E-state index in [1.54, 1.807) is 38.1 Å². The van der Waals surface area contributed by atoms with Gasteiger partial charge in [0.2, 0.25) is 0 Å².